The van der Waals surface area contributed by atoms with Gasteiger partial charge in [-0.05, 0) is 35.4 Å². The molecule has 0 aromatic heterocycles. The van der Waals surface area contributed by atoms with Gasteiger partial charge in [-0.15, -0.1) is 0 Å². The Labute approximate surface area is 169 Å². The summed E-state index contributed by atoms with van der Waals surface area (Å²) in [5.74, 6) is 0.422. The van der Waals surface area contributed by atoms with E-state index < -0.39 is 0 Å². The van der Waals surface area contributed by atoms with Crippen LogP contribution in [0.25, 0.3) is 6.08 Å². The number of benzene rings is 3. The number of para-hydroxylation sites is 1. The lowest BCUT2D eigenvalue weighted by Crippen LogP contribution is -2.02. The molecule has 0 saturated carbocycles. The minimum absolute atomic E-state index is 0.0776. The molecule has 0 radical (unpaired) electrons. The van der Waals surface area contributed by atoms with Crippen LogP contribution in [0.5, 0.6) is 5.75 Å². The number of esters is 1. The number of fused-ring (bicyclic) bond motifs is 1. The van der Waals surface area contributed by atoms with Crippen LogP contribution in [0.15, 0.2) is 78.4 Å². The van der Waals surface area contributed by atoms with E-state index in [4.69, 9.17) is 9.47 Å². The molecule has 0 aliphatic heterocycles. The average molecular weight is 384 g/mol. The van der Waals surface area contributed by atoms with E-state index in [0.29, 0.717) is 24.3 Å². The molecule has 3 aromatic carbocycles. The smallest absolute Gasteiger partial charge is 0.337 e. The molecule has 0 spiro atoms. The number of allylic oxidation sites excluding steroid dienone is 1. The summed E-state index contributed by atoms with van der Waals surface area (Å²) in [7, 11) is 1.36. The second-order valence-corrected chi connectivity index (χ2v) is 6.85. The van der Waals surface area contributed by atoms with Crippen LogP contribution in [0.4, 0.5) is 0 Å². The second-order valence-electron chi connectivity index (χ2n) is 6.85. The maximum absolute atomic E-state index is 12.7. The Kier molecular flexibility index (Phi) is 5.25. The van der Waals surface area contributed by atoms with Gasteiger partial charge in [0.1, 0.15) is 12.4 Å². The van der Waals surface area contributed by atoms with Crippen molar-refractivity contribution < 1.29 is 19.1 Å². The maximum atomic E-state index is 12.7. The largest absolute Gasteiger partial charge is 0.488 e. The maximum Gasteiger partial charge on any atom is 0.337 e. The van der Waals surface area contributed by atoms with E-state index in [1.54, 1.807) is 12.1 Å². The Bertz CT molecular complexity index is 1090. The van der Waals surface area contributed by atoms with Crippen molar-refractivity contribution in [2.45, 2.75) is 13.0 Å². The molecule has 144 valence electrons. The number of rotatable bonds is 5. The number of carbonyl (C=O) groups excluding carboxylic acids is 2. The fourth-order valence-corrected chi connectivity index (χ4v) is 3.41. The van der Waals surface area contributed by atoms with Crippen molar-refractivity contribution >= 4 is 17.8 Å². The molecular formula is C25H20O4. The molecule has 0 unspecified atom stereocenters. The van der Waals surface area contributed by atoms with Gasteiger partial charge in [0, 0.05) is 23.1 Å². The van der Waals surface area contributed by atoms with Crippen molar-refractivity contribution in [3.05, 3.63) is 106 Å². The van der Waals surface area contributed by atoms with Gasteiger partial charge in [0.05, 0.1) is 12.7 Å². The van der Waals surface area contributed by atoms with Gasteiger partial charge >= 0.3 is 5.97 Å². The molecule has 4 heteroatoms. The second kappa shape index (κ2) is 8.15. The third-order valence-corrected chi connectivity index (χ3v) is 4.95. The molecule has 0 fully saturated rings. The van der Waals surface area contributed by atoms with Crippen LogP contribution < -0.4 is 4.74 Å². The predicted octanol–water partition coefficient (Wildman–Crippen LogP) is 4.87. The number of ether oxygens (including phenoxy) is 2. The normalized spacial score (nSPS) is 14.0. The highest BCUT2D eigenvalue weighted by Gasteiger charge is 2.24. The van der Waals surface area contributed by atoms with Crippen molar-refractivity contribution in [1.29, 1.82) is 0 Å². The summed E-state index contributed by atoms with van der Waals surface area (Å²) in [5.41, 5.74) is 4.92. The van der Waals surface area contributed by atoms with E-state index >= 15 is 0 Å². The molecular weight excluding hydrogens is 364 g/mol. The van der Waals surface area contributed by atoms with Gasteiger partial charge in [-0.2, -0.15) is 0 Å². The van der Waals surface area contributed by atoms with Crippen LogP contribution >= 0.6 is 0 Å². The topological polar surface area (TPSA) is 52.6 Å². The predicted molar refractivity (Wildman–Crippen MR) is 111 cm³/mol. The summed E-state index contributed by atoms with van der Waals surface area (Å²) < 4.78 is 10.7. The number of hydrogen-bond acceptors (Lipinski definition) is 4. The number of hydrogen-bond donors (Lipinski definition) is 0. The molecule has 1 aliphatic carbocycles. The highest BCUT2D eigenvalue weighted by atomic mass is 16.5. The first kappa shape index (κ1) is 18.7. The lowest BCUT2D eigenvalue weighted by molar-refractivity contribution is 0.0600. The molecule has 0 heterocycles. The SMILES string of the molecule is COC(=O)c1ccc(COc2ccccc2C=C2Cc3ccccc3C2=O)cc1. The third-order valence-electron chi connectivity index (χ3n) is 4.95. The first-order chi connectivity index (χ1) is 14.2. The quantitative estimate of drug-likeness (QED) is 0.465. The number of carbonyl (C=O) groups is 2. The summed E-state index contributed by atoms with van der Waals surface area (Å²) in [5, 5.41) is 0. The molecule has 3 aromatic rings. The van der Waals surface area contributed by atoms with Crippen molar-refractivity contribution in [3.8, 4) is 5.75 Å². The van der Waals surface area contributed by atoms with E-state index in [9.17, 15) is 9.59 Å². The average Bonchev–Trinajstić information content (AvgIpc) is 3.08. The standard InChI is InChI=1S/C25H20O4/c1-28-25(27)18-12-10-17(11-13-18)16-29-23-9-5-3-7-20(23)15-21-14-19-6-2-4-8-22(19)24(21)26/h2-13,15H,14,16H2,1H3. The van der Waals surface area contributed by atoms with Crippen LogP contribution in [-0.2, 0) is 17.8 Å². The molecule has 0 saturated heterocycles. The molecule has 29 heavy (non-hydrogen) atoms. The van der Waals surface area contributed by atoms with Gasteiger partial charge in [0.15, 0.2) is 5.78 Å². The number of Topliss-reactive ketones (excluding diaryl/α,β-unsaturated/α-hetero) is 1. The minimum Gasteiger partial charge on any atom is -0.488 e. The zero-order chi connectivity index (χ0) is 20.2. The van der Waals surface area contributed by atoms with Crippen LogP contribution in [0.3, 0.4) is 0 Å². The molecule has 0 amide bonds. The Morgan fingerprint density at radius 1 is 0.966 bits per heavy atom. The van der Waals surface area contributed by atoms with Gasteiger partial charge in [-0.3, -0.25) is 4.79 Å². The van der Waals surface area contributed by atoms with Gasteiger partial charge in [0.2, 0.25) is 0 Å². The lowest BCUT2D eigenvalue weighted by Gasteiger charge is -2.10. The van der Waals surface area contributed by atoms with Crippen molar-refractivity contribution in [1.82, 2.24) is 0 Å². The third kappa shape index (κ3) is 3.97. The Morgan fingerprint density at radius 2 is 1.69 bits per heavy atom. The minimum atomic E-state index is -0.364. The Hall–Kier alpha value is -3.66. The fraction of sp³-hybridized carbons (Fsp3) is 0.120. The van der Waals surface area contributed by atoms with E-state index in [1.165, 1.54) is 7.11 Å². The number of methoxy groups -OCH3 is 1. The van der Waals surface area contributed by atoms with Crippen LogP contribution in [0.2, 0.25) is 0 Å². The van der Waals surface area contributed by atoms with Crippen LogP contribution in [0, 0.1) is 0 Å². The van der Waals surface area contributed by atoms with Crippen LogP contribution in [0.1, 0.15) is 37.4 Å². The summed E-state index contributed by atoms with van der Waals surface area (Å²) in [6.45, 7) is 0.357. The monoisotopic (exact) mass is 384 g/mol. The Morgan fingerprint density at radius 3 is 2.45 bits per heavy atom. The van der Waals surface area contributed by atoms with E-state index in [2.05, 4.69) is 0 Å². The van der Waals surface area contributed by atoms with Crippen LogP contribution in [-0.4, -0.2) is 18.9 Å². The van der Waals surface area contributed by atoms with E-state index in [0.717, 1.165) is 27.8 Å². The Balaban J connectivity index is 1.51. The summed E-state index contributed by atoms with van der Waals surface area (Å²) in [6, 6.07) is 22.5. The van der Waals surface area contributed by atoms with Crippen molar-refractivity contribution in [2.75, 3.05) is 7.11 Å². The summed E-state index contributed by atoms with van der Waals surface area (Å²) >= 11 is 0. The molecule has 0 N–H and O–H groups in total. The van der Waals surface area contributed by atoms with Gasteiger partial charge in [0.25, 0.3) is 0 Å². The molecule has 0 bridgehead atoms. The summed E-state index contributed by atoms with van der Waals surface area (Å²) in [6.07, 6.45) is 2.55. The fourth-order valence-electron chi connectivity index (χ4n) is 3.41. The van der Waals surface area contributed by atoms with Gasteiger partial charge in [-0.1, -0.05) is 54.6 Å². The number of ketones is 1. The van der Waals surface area contributed by atoms with E-state index in [-0.39, 0.29) is 11.8 Å². The van der Waals surface area contributed by atoms with Gasteiger partial charge < -0.3 is 9.47 Å². The zero-order valence-corrected chi connectivity index (χ0v) is 16.1. The van der Waals surface area contributed by atoms with Gasteiger partial charge in [-0.25, -0.2) is 4.79 Å². The van der Waals surface area contributed by atoms with E-state index in [1.807, 2.05) is 66.7 Å². The summed E-state index contributed by atoms with van der Waals surface area (Å²) in [4.78, 5) is 24.2. The highest BCUT2D eigenvalue weighted by molar-refractivity contribution is 6.15. The van der Waals surface area contributed by atoms with Crippen molar-refractivity contribution in [2.24, 2.45) is 0 Å². The first-order valence-electron chi connectivity index (χ1n) is 9.38. The molecule has 0 atom stereocenters. The lowest BCUT2D eigenvalue weighted by atomic mass is 10.1. The molecule has 4 nitrogen and oxygen atoms in total. The molecule has 4 rings (SSSR count). The van der Waals surface area contributed by atoms with Crippen molar-refractivity contribution in [3.63, 3.8) is 0 Å². The molecule has 1 aliphatic rings. The highest BCUT2D eigenvalue weighted by Crippen LogP contribution is 2.30. The zero-order valence-electron chi connectivity index (χ0n) is 16.1. The first-order valence-corrected chi connectivity index (χ1v) is 9.38.